The summed E-state index contributed by atoms with van der Waals surface area (Å²) in [7, 11) is 1.79. The molecule has 0 saturated heterocycles. The van der Waals surface area contributed by atoms with Crippen molar-refractivity contribution in [2.24, 2.45) is 7.05 Å². The quantitative estimate of drug-likeness (QED) is 0.943. The summed E-state index contributed by atoms with van der Waals surface area (Å²) in [4.78, 5) is 12.2. The fourth-order valence-corrected chi connectivity index (χ4v) is 3.60. The maximum absolute atomic E-state index is 13.7. The lowest BCUT2D eigenvalue weighted by Gasteiger charge is -2.09. The van der Waals surface area contributed by atoms with Crippen LogP contribution in [0.3, 0.4) is 0 Å². The third-order valence-corrected chi connectivity index (χ3v) is 4.70. The van der Waals surface area contributed by atoms with E-state index in [-0.39, 0.29) is 22.9 Å². The van der Waals surface area contributed by atoms with Gasteiger partial charge >= 0.3 is 0 Å². The van der Waals surface area contributed by atoms with Crippen molar-refractivity contribution >= 4 is 35.1 Å². The number of halogens is 2. The van der Waals surface area contributed by atoms with Crippen molar-refractivity contribution in [2.45, 2.75) is 17.9 Å². The highest BCUT2D eigenvalue weighted by atomic mass is 35.5. The van der Waals surface area contributed by atoms with Crippen LogP contribution in [0.5, 0.6) is 0 Å². The van der Waals surface area contributed by atoms with Crippen LogP contribution in [0.15, 0.2) is 18.2 Å². The average Bonchev–Trinajstić information content (AvgIpc) is 2.98. The number of fused-ring (bicyclic) bond motifs is 1. The van der Waals surface area contributed by atoms with Crippen LogP contribution in [0.4, 0.5) is 10.2 Å². The Balaban J connectivity index is 1.79. The molecule has 0 unspecified atom stereocenters. The molecule has 21 heavy (non-hydrogen) atoms. The zero-order valence-electron chi connectivity index (χ0n) is 11.3. The summed E-state index contributed by atoms with van der Waals surface area (Å²) < 4.78 is 15.4. The van der Waals surface area contributed by atoms with Gasteiger partial charge in [0.25, 0.3) is 0 Å². The number of anilines is 1. The Hall–Kier alpha value is -1.53. The standard InChI is InChI=1S/C14H13ClFN3OS/c1-19-14(9-6-21-7-12(9)18-19)17-13(20)5-8-10(15)3-2-4-11(8)16/h2-4H,5-7H2,1H3,(H,17,20). The summed E-state index contributed by atoms with van der Waals surface area (Å²) in [5.74, 6) is 1.61. The number of amides is 1. The molecule has 4 nitrogen and oxygen atoms in total. The van der Waals surface area contributed by atoms with Crippen LogP contribution in [-0.4, -0.2) is 15.7 Å². The van der Waals surface area contributed by atoms with E-state index in [0.717, 1.165) is 22.8 Å². The summed E-state index contributed by atoms with van der Waals surface area (Å²) in [5.41, 5.74) is 2.27. The molecule has 2 heterocycles. The van der Waals surface area contributed by atoms with Crippen molar-refractivity contribution in [3.63, 3.8) is 0 Å². The maximum atomic E-state index is 13.7. The molecule has 110 valence electrons. The number of nitrogens with zero attached hydrogens (tertiary/aromatic N) is 2. The molecule has 0 fully saturated rings. The summed E-state index contributed by atoms with van der Waals surface area (Å²) in [6.07, 6.45) is -0.0986. The van der Waals surface area contributed by atoms with Crippen LogP contribution in [-0.2, 0) is 29.8 Å². The molecule has 1 N–H and O–H groups in total. The van der Waals surface area contributed by atoms with Gasteiger partial charge < -0.3 is 5.32 Å². The molecule has 0 saturated carbocycles. The normalized spacial score (nSPS) is 13.3. The van der Waals surface area contributed by atoms with Crippen LogP contribution in [0.1, 0.15) is 16.8 Å². The Morgan fingerprint density at radius 1 is 1.52 bits per heavy atom. The van der Waals surface area contributed by atoms with E-state index in [1.54, 1.807) is 29.6 Å². The van der Waals surface area contributed by atoms with Gasteiger partial charge in [0.05, 0.1) is 12.1 Å². The van der Waals surface area contributed by atoms with Crippen molar-refractivity contribution in [3.8, 4) is 0 Å². The van der Waals surface area contributed by atoms with Gasteiger partial charge in [-0.2, -0.15) is 16.9 Å². The molecule has 3 rings (SSSR count). The predicted octanol–water partition coefficient (Wildman–Crippen LogP) is 3.14. The lowest BCUT2D eigenvalue weighted by molar-refractivity contribution is -0.115. The first-order chi connectivity index (χ1) is 10.1. The second-order valence-corrected chi connectivity index (χ2v) is 6.21. The molecule has 7 heteroatoms. The van der Waals surface area contributed by atoms with E-state index < -0.39 is 5.82 Å². The third-order valence-electron chi connectivity index (χ3n) is 3.37. The van der Waals surface area contributed by atoms with E-state index in [4.69, 9.17) is 11.6 Å². The number of aryl methyl sites for hydroxylation is 1. The van der Waals surface area contributed by atoms with Crippen molar-refractivity contribution in [1.82, 2.24) is 9.78 Å². The summed E-state index contributed by atoms with van der Waals surface area (Å²) in [6, 6.07) is 4.39. The number of nitrogens with one attached hydrogen (secondary N) is 1. The van der Waals surface area contributed by atoms with E-state index in [1.807, 2.05) is 0 Å². The molecule has 1 aromatic carbocycles. The van der Waals surface area contributed by atoms with Gasteiger partial charge in [0.1, 0.15) is 11.6 Å². The van der Waals surface area contributed by atoms with Crippen molar-refractivity contribution < 1.29 is 9.18 Å². The minimum Gasteiger partial charge on any atom is -0.310 e. The first-order valence-corrected chi connectivity index (χ1v) is 7.94. The van der Waals surface area contributed by atoms with Crippen molar-refractivity contribution in [2.75, 3.05) is 5.32 Å². The van der Waals surface area contributed by atoms with Gasteiger partial charge in [0.2, 0.25) is 5.91 Å². The van der Waals surface area contributed by atoms with Crippen molar-refractivity contribution in [1.29, 1.82) is 0 Å². The second-order valence-electron chi connectivity index (χ2n) is 4.82. The Bertz CT molecular complexity index is 696. The number of rotatable bonds is 3. The molecular formula is C14H13ClFN3OS. The van der Waals surface area contributed by atoms with Crippen LogP contribution in [0, 0.1) is 5.82 Å². The van der Waals surface area contributed by atoms with Crippen LogP contribution < -0.4 is 5.32 Å². The first-order valence-electron chi connectivity index (χ1n) is 6.41. The zero-order chi connectivity index (χ0) is 15.0. The smallest absolute Gasteiger partial charge is 0.230 e. The van der Waals surface area contributed by atoms with Crippen LogP contribution in [0.25, 0.3) is 0 Å². The molecule has 1 aliphatic rings. The molecular weight excluding hydrogens is 313 g/mol. The van der Waals surface area contributed by atoms with Gasteiger partial charge in [-0.1, -0.05) is 17.7 Å². The number of carbonyl (C=O) groups is 1. The predicted molar refractivity (Wildman–Crippen MR) is 82.0 cm³/mol. The Morgan fingerprint density at radius 2 is 2.33 bits per heavy atom. The van der Waals surface area contributed by atoms with E-state index >= 15 is 0 Å². The number of aromatic nitrogens is 2. The van der Waals surface area contributed by atoms with E-state index in [1.165, 1.54) is 12.1 Å². The monoisotopic (exact) mass is 325 g/mol. The number of benzene rings is 1. The van der Waals surface area contributed by atoms with Crippen LogP contribution in [0.2, 0.25) is 5.02 Å². The number of carbonyl (C=O) groups excluding carboxylic acids is 1. The molecule has 1 aliphatic heterocycles. The average molecular weight is 326 g/mol. The first kappa shape index (κ1) is 14.4. The lowest BCUT2D eigenvalue weighted by atomic mass is 10.1. The summed E-state index contributed by atoms with van der Waals surface area (Å²) >= 11 is 7.70. The van der Waals surface area contributed by atoms with Gasteiger partial charge in [-0.05, 0) is 12.1 Å². The van der Waals surface area contributed by atoms with Gasteiger partial charge in [-0.25, -0.2) is 4.39 Å². The largest absolute Gasteiger partial charge is 0.310 e. The van der Waals surface area contributed by atoms with Gasteiger partial charge in [0.15, 0.2) is 0 Å². The van der Waals surface area contributed by atoms with Gasteiger partial charge in [-0.3, -0.25) is 9.48 Å². The Morgan fingerprint density at radius 3 is 3.10 bits per heavy atom. The fraction of sp³-hybridized carbons (Fsp3) is 0.286. The van der Waals surface area contributed by atoms with E-state index in [2.05, 4.69) is 10.4 Å². The number of hydrogen-bond acceptors (Lipinski definition) is 3. The fourth-order valence-electron chi connectivity index (χ4n) is 2.34. The van der Waals surface area contributed by atoms with Gasteiger partial charge in [0, 0.05) is 34.7 Å². The topological polar surface area (TPSA) is 46.9 Å². The molecule has 1 aromatic heterocycles. The van der Waals surface area contributed by atoms with E-state index in [9.17, 15) is 9.18 Å². The zero-order valence-corrected chi connectivity index (χ0v) is 12.9. The molecule has 0 radical (unpaired) electrons. The number of thioether (sulfide) groups is 1. The highest BCUT2D eigenvalue weighted by Crippen LogP contribution is 2.34. The van der Waals surface area contributed by atoms with Crippen LogP contribution >= 0.6 is 23.4 Å². The van der Waals surface area contributed by atoms with Gasteiger partial charge in [-0.15, -0.1) is 0 Å². The van der Waals surface area contributed by atoms with E-state index in [0.29, 0.717) is 5.82 Å². The maximum Gasteiger partial charge on any atom is 0.230 e. The molecule has 0 aliphatic carbocycles. The lowest BCUT2D eigenvalue weighted by Crippen LogP contribution is -2.18. The molecule has 0 atom stereocenters. The minimum atomic E-state index is -0.469. The summed E-state index contributed by atoms with van der Waals surface area (Å²) in [6.45, 7) is 0. The highest BCUT2D eigenvalue weighted by molar-refractivity contribution is 7.98. The Labute approximate surface area is 130 Å². The SMILES string of the molecule is Cn1nc2c(c1NC(=O)Cc1c(F)cccc1Cl)CSC2. The molecule has 2 aromatic rings. The Kier molecular flexibility index (Phi) is 3.91. The molecule has 1 amide bonds. The van der Waals surface area contributed by atoms with Crippen molar-refractivity contribution in [3.05, 3.63) is 45.9 Å². The molecule has 0 bridgehead atoms. The number of hydrogen-bond donors (Lipinski definition) is 1. The molecule has 0 spiro atoms. The second kappa shape index (κ2) is 5.69. The minimum absolute atomic E-state index is 0.0986. The third kappa shape index (κ3) is 2.78. The highest BCUT2D eigenvalue weighted by Gasteiger charge is 2.23. The summed E-state index contributed by atoms with van der Waals surface area (Å²) in [5, 5.41) is 7.44.